The lowest BCUT2D eigenvalue weighted by atomic mass is 10.2. The van der Waals surface area contributed by atoms with Crippen molar-refractivity contribution in [3.05, 3.63) is 83.4 Å². The van der Waals surface area contributed by atoms with E-state index in [1.807, 2.05) is 61.5 Å². The van der Waals surface area contributed by atoms with E-state index in [1.165, 1.54) is 0 Å². The van der Waals surface area contributed by atoms with Crippen LogP contribution < -0.4 is 20.7 Å². The van der Waals surface area contributed by atoms with Gasteiger partial charge >= 0.3 is 0 Å². The van der Waals surface area contributed by atoms with Gasteiger partial charge in [0.2, 0.25) is 11.8 Å². The zero-order valence-electron chi connectivity index (χ0n) is 17.9. The van der Waals surface area contributed by atoms with Gasteiger partial charge in [0.05, 0.1) is 22.9 Å². The van der Waals surface area contributed by atoms with Gasteiger partial charge in [-0.2, -0.15) is 0 Å². The van der Waals surface area contributed by atoms with Crippen LogP contribution in [0.15, 0.2) is 72.8 Å². The molecule has 3 rings (SSSR count). The Kier molecular flexibility index (Phi) is 8.52. The SMILES string of the molecule is CCCC(=O)Nc1ccc(Cl)c(NC(=O)CNc2ccccc2OCc2ccccc2)c1. The van der Waals surface area contributed by atoms with E-state index in [2.05, 4.69) is 16.0 Å². The van der Waals surface area contributed by atoms with Crippen molar-refractivity contribution in [3.8, 4) is 5.75 Å². The van der Waals surface area contributed by atoms with Crippen LogP contribution in [0.25, 0.3) is 0 Å². The van der Waals surface area contributed by atoms with Crippen molar-refractivity contribution in [1.82, 2.24) is 0 Å². The van der Waals surface area contributed by atoms with Gasteiger partial charge in [0, 0.05) is 12.1 Å². The molecule has 0 bridgehead atoms. The van der Waals surface area contributed by atoms with Gasteiger partial charge in [0.1, 0.15) is 12.4 Å². The third kappa shape index (κ3) is 7.03. The second kappa shape index (κ2) is 11.8. The maximum Gasteiger partial charge on any atom is 0.243 e. The van der Waals surface area contributed by atoms with E-state index in [1.54, 1.807) is 18.2 Å². The molecule has 166 valence electrons. The summed E-state index contributed by atoms with van der Waals surface area (Å²) >= 11 is 6.21. The Morgan fingerprint density at radius 1 is 0.875 bits per heavy atom. The van der Waals surface area contributed by atoms with Crippen LogP contribution >= 0.6 is 11.6 Å². The van der Waals surface area contributed by atoms with E-state index in [0.717, 1.165) is 12.0 Å². The summed E-state index contributed by atoms with van der Waals surface area (Å²) in [6.07, 6.45) is 1.19. The summed E-state index contributed by atoms with van der Waals surface area (Å²) in [5.41, 5.74) is 2.78. The highest BCUT2D eigenvalue weighted by atomic mass is 35.5. The van der Waals surface area contributed by atoms with Gasteiger partial charge in [0.25, 0.3) is 0 Å². The van der Waals surface area contributed by atoms with Gasteiger partial charge in [0.15, 0.2) is 0 Å². The van der Waals surface area contributed by atoms with Crippen LogP contribution in [0.1, 0.15) is 25.3 Å². The van der Waals surface area contributed by atoms with Crippen LogP contribution in [-0.4, -0.2) is 18.4 Å². The molecule has 7 heteroatoms. The average Bonchev–Trinajstić information content (AvgIpc) is 2.80. The summed E-state index contributed by atoms with van der Waals surface area (Å²) in [5, 5.41) is 9.06. The summed E-state index contributed by atoms with van der Waals surface area (Å²) < 4.78 is 5.91. The topological polar surface area (TPSA) is 79.5 Å². The summed E-state index contributed by atoms with van der Waals surface area (Å²) in [5.74, 6) is 0.297. The van der Waals surface area contributed by atoms with Crippen molar-refractivity contribution >= 4 is 40.5 Å². The first-order valence-corrected chi connectivity index (χ1v) is 10.8. The number of benzene rings is 3. The van der Waals surface area contributed by atoms with Crippen LogP contribution in [0.2, 0.25) is 5.02 Å². The Labute approximate surface area is 192 Å². The highest BCUT2D eigenvalue weighted by Crippen LogP contribution is 2.27. The Bertz CT molecular complexity index is 1060. The van der Waals surface area contributed by atoms with E-state index < -0.39 is 0 Å². The Morgan fingerprint density at radius 3 is 2.41 bits per heavy atom. The molecular weight excluding hydrogens is 426 g/mol. The molecule has 0 fully saturated rings. The molecule has 0 aliphatic heterocycles. The maximum atomic E-state index is 12.5. The molecule has 0 atom stereocenters. The van der Waals surface area contributed by atoms with Crippen LogP contribution in [0, 0.1) is 0 Å². The summed E-state index contributed by atoms with van der Waals surface area (Å²) in [6.45, 7) is 2.39. The van der Waals surface area contributed by atoms with Gasteiger partial charge < -0.3 is 20.7 Å². The first-order valence-electron chi connectivity index (χ1n) is 10.4. The van der Waals surface area contributed by atoms with Crippen LogP contribution in [0.4, 0.5) is 17.1 Å². The fourth-order valence-electron chi connectivity index (χ4n) is 2.99. The van der Waals surface area contributed by atoms with Crippen molar-refractivity contribution in [1.29, 1.82) is 0 Å². The summed E-state index contributed by atoms with van der Waals surface area (Å²) in [7, 11) is 0. The van der Waals surface area contributed by atoms with Gasteiger partial charge in [-0.25, -0.2) is 0 Å². The van der Waals surface area contributed by atoms with Gasteiger partial charge in [-0.1, -0.05) is 61.0 Å². The number of carbonyl (C=O) groups excluding carboxylic acids is 2. The normalized spacial score (nSPS) is 10.3. The van der Waals surface area contributed by atoms with Crippen LogP contribution in [-0.2, 0) is 16.2 Å². The molecule has 0 saturated heterocycles. The van der Waals surface area contributed by atoms with Gasteiger partial charge in [-0.05, 0) is 42.3 Å². The number of hydrogen-bond donors (Lipinski definition) is 3. The fourth-order valence-corrected chi connectivity index (χ4v) is 3.16. The second-order valence-corrected chi connectivity index (χ2v) is 7.57. The molecule has 0 aliphatic carbocycles. The molecule has 2 amide bonds. The highest BCUT2D eigenvalue weighted by Gasteiger charge is 2.10. The van der Waals surface area contributed by atoms with E-state index in [4.69, 9.17) is 16.3 Å². The number of hydrogen-bond acceptors (Lipinski definition) is 4. The smallest absolute Gasteiger partial charge is 0.243 e. The van der Waals surface area contributed by atoms with Gasteiger partial charge in [-0.3, -0.25) is 9.59 Å². The van der Waals surface area contributed by atoms with Crippen LogP contribution in [0.5, 0.6) is 5.75 Å². The first-order chi connectivity index (χ1) is 15.5. The van der Waals surface area contributed by atoms with Crippen molar-refractivity contribution < 1.29 is 14.3 Å². The number of para-hydroxylation sites is 2. The Hall–Kier alpha value is -3.51. The molecule has 0 spiro atoms. The first kappa shape index (κ1) is 23.2. The predicted molar refractivity (Wildman–Crippen MR) is 129 cm³/mol. The lowest BCUT2D eigenvalue weighted by molar-refractivity contribution is -0.116. The standard InChI is InChI=1S/C25H26ClN3O3/c1-2-8-24(30)28-19-13-14-20(26)22(15-19)29-25(31)16-27-21-11-6-7-12-23(21)32-17-18-9-4-3-5-10-18/h3-7,9-15,27H,2,8,16-17H2,1H3,(H,28,30)(H,29,31). The van der Waals surface area contributed by atoms with E-state index in [0.29, 0.717) is 40.9 Å². The number of ether oxygens (including phenoxy) is 1. The lowest BCUT2D eigenvalue weighted by Gasteiger charge is -2.14. The highest BCUT2D eigenvalue weighted by molar-refractivity contribution is 6.33. The molecule has 0 radical (unpaired) electrons. The average molecular weight is 452 g/mol. The van der Waals surface area contributed by atoms with Crippen molar-refractivity contribution in [2.75, 3.05) is 22.5 Å². The lowest BCUT2D eigenvalue weighted by Crippen LogP contribution is -2.22. The summed E-state index contributed by atoms with van der Waals surface area (Å²) in [6, 6.07) is 22.3. The Balaban J connectivity index is 1.58. The summed E-state index contributed by atoms with van der Waals surface area (Å²) in [4.78, 5) is 24.3. The fraction of sp³-hybridized carbons (Fsp3) is 0.200. The second-order valence-electron chi connectivity index (χ2n) is 7.16. The quantitative estimate of drug-likeness (QED) is 0.369. The number of halogens is 1. The molecular formula is C25H26ClN3O3. The molecule has 32 heavy (non-hydrogen) atoms. The van der Waals surface area contributed by atoms with E-state index in [-0.39, 0.29) is 18.4 Å². The number of carbonyl (C=O) groups is 2. The minimum absolute atomic E-state index is 0.0223. The monoisotopic (exact) mass is 451 g/mol. The number of amides is 2. The minimum atomic E-state index is -0.276. The van der Waals surface area contributed by atoms with E-state index in [9.17, 15) is 9.59 Å². The number of nitrogens with one attached hydrogen (secondary N) is 3. The third-order valence-electron chi connectivity index (χ3n) is 4.56. The predicted octanol–water partition coefficient (Wildman–Crippen LogP) is 5.71. The minimum Gasteiger partial charge on any atom is -0.487 e. The van der Waals surface area contributed by atoms with Crippen molar-refractivity contribution in [2.45, 2.75) is 26.4 Å². The molecule has 3 N–H and O–H groups in total. The molecule has 0 heterocycles. The van der Waals surface area contributed by atoms with E-state index >= 15 is 0 Å². The van der Waals surface area contributed by atoms with Crippen molar-refractivity contribution in [3.63, 3.8) is 0 Å². The van der Waals surface area contributed by atoms with Gasteiger partial charge in [-0.15, -0.1) is 0 Å². The van der Waals surface area contributed by atoms with Crippen LogP contribution in [0.3, 0.4) is 0 Å². The molecule has 3 aromatic carbocycles. The largest absolute Gasteiger partial charge is 0.487 e. The third-order valence-corrected chi connectivity index (χ3v) is 4.89. The zero-order valence-corrected chi connectivity index (χ0v) is 18.6. The van der Waals surface area contributed by atoms with Crippen molar-refractivity contribution in [2.24, 2.45) is 0 Å². The number of anilines is 3. The molecule has 0 aromatic heterocycles. The molecule has 3 aromatic rings. The molecule has 6 nitrogen and oxygen atoms in total. The molecule has 0 aliphatic rings. The number of rotatable bonds is 10. The Morgan fingerprint density at radius 2 is 1.62 bits per heavy atom. The maximum absolute atomic E-state index is 12.5. The molecule has 0 saturated carbocycles. The zero-order chi connectivity index (χ0) is 22.8. The molecule has 0 unspecified atom stereocenters.